The van der Waals surface area contributed by atoms with Gasteiger partial charge in [-0.15, -0.1) is 15.3 Å². The Balaban J connectivity index is 1.70. The zero-order valence-corrected chi connectivity index (χ0v) is 15.8. The highest BCUT2D eigenvalue weighted by Gasteiger charge is 2.18. The lowest BCUT2D eigenvalue weighted by Gasteiger charge is -2.05. The number of fused-ring (bicyclic) bond motifs is 1. The van der Waals surface area contributed by atoms with Gasteiger partial charge in [0, 0.05) is 12.1 Å². The molecule has 154 valence electrons. The van der Waals surface area contributed by atoms with Gasteiger partial charge in [0.25, 0.3) is 5.69 Å². The third-order valence-corrected chi connectivity index (χ3v) is 4.15. The molecule has 6 N–H and O–H groups in total. The van der Waals surface area contributed by atoms with E-state index in [-0.39, 0.29) is 40.2 Å². The van der Waals surface area contributed by atoms with Crippen LogP contribution >= 0.6 is 0 Å². The van der Waals surface area contributed by atoms with Crippen molar-refractivity contribution in [1.29, 1.82) is 0 Å². The molecule has 0 bridgehead atoms. The van der Waals surface area contributed by atoms with E-state index in [4.69, 9.17) is 17.2 Å². The number of aromatic nitrogens is 3. The summed E-state index contributed by atoms with van der Waals surface area (Å²) in [7, 11) is 0. The van der Waals surface area contributed by atoms with Crippen LogP contribution in [0.5, 0.6) is 0 Å². The van der Waals surface area contributed by atoms with E-state index in [0.29, 0.717) is 11.4 Å². The number of anilines is 3. The number of nitro benzene ring substituents is 1. The topological polar surface area (TPSA) is 201 Å². The molecule has 0 aliphatic heterocycles. The van der Waals surface area contributed by atoms with Crippen molar-refractivity contribution in [3.63, 3.8) is 0 Å². The van der Waals surface area contributed by atoms with E-state index in [1.807, 2.05) is 18.2 Å². The summed E-state index contributed by atoms with van der Waals surface area (Å²) < 4.78 is 1.25. The molecular formula is C18H15N11O2. The Morgan fingerprint density at radius 3 is 2.06 bits per heavy atom. The second kappa shape index (κ2) is 7.82. The van der Waals surface area contributed by atoms with E-state index in [2.05, 4.69) is 30.5 Å². The molecule has 0 radical (unpaired) electrons. The van der Waals surface area contributed by atoms with Crippen LogP contribution in [-0.4, -0.2) is 19.5 Å². The molecule has 4 aromatic rings. The molecule has 2 heterocycles. The fourth-order valence-corrected chi connectivity index (χ4v) is 2.63. The van der Waals surface area contributed by atoms with Gasteiger partial charge in [0.2, 0.25) is 0 Å². The summed E-state index contributed by atoms with van der Waals surface area (Å²) in [6.07, 6.45) is 0. The van der Waals surface area contributed by atoms with Gasteiger partial charge in [-0.2, -0.15) is 14.7 Å². The van der Waals surface area contributed by atoms with Crippen LogP contribution in [0.3, 0.4) is 0 Å². The van der Waals surface area contributed by atoms with E-state index < -0.39 is 4.92 Å². The summed E-state index contributed by atoms with van der Waals surface area (Å²) in [5.41, 5.74) is 19.5. The molecule has 0 fully saturated rings. The summed E-state index contributed by atoms with van der Waals surface area (Å²) in [4.78, 5) is 14.5. The summed E-state index contributed by atoms with van der Waals surface area (Å²) in [6.45, 7) is 0. The molecule has 0 spiro atoms. The highest BCUT2D eigenvalue weighted by Crippen LogP contribution is 2.36. The van der Waals surface area contributed by atoms with Gasteiger partial charge in [-0.3, -0.25) is 10.1 Å². The van der Waals surface area contributed by atoms with Crippen molar-refractivity contribution >= 4 is 51.5 Å². The molecule has 0 aliphatic rings. The van der Waals surface area contributed by atoms with E-state index in [1.54, 1.807) is 12.1 Å². The number of non-ortho nitro benzene ring substituents is 1. The van der Waals surface area contributed by atoms with Crippen LogP contribution in [0.1, 0.15) is 0 Å². The molecule has 31 heavy (non-hydrogen) atoms. The van der Waals surface area contributed by atoms with Crippen LogP contribution in [0.2, 0.25) is 0 Å². The largest absolute Gasteiger partial charge is 0.382 e. The first-order valence-corrected chi connectivity index (χ1v) is 8.80. The molecular weight excluding hydrogens is 402 g/mol. The number of hydrogen-bond acceptors (Lipinski definition) is 11. The quantitative estimate of drug-likeness (QED) is 0.245. The molecule has 0 saturated heterocycles. The van der Waals surface area contributed by atoms with Crippen LogP contribution in [-0.2, 0) is 0 Å². The molecule has 0 unspecified atom stereocenters. The van der Waals surface area contributed by atoms with Gasteiger partial charge >= 0.3 is 0 Å². The van der Waals surface area contributed by atoms with Gasteiger partial charge in [0.1, 0.15) is 0 Å². The Morgan fingerprint density at radius 2 is 1.42 bits per heavy atom. The van der Waals surface area contributed by atoms with Crippen molar-refractivity contribution in [3.05, 3.63) is 64.7 Å². The molecule has 0 aliphatic carbocycles. The SMILES string of the molecule is Nc1nc2c(N=Nc3ccccc3)c(N)nn2c(N)c1N=Nc1ccc([N+](=O)[O-])cc1. The molecule has 0 saturated carbocycles. The summed E-state index contributed by atoms with van der Waals surface area (Å²) >= 11 is 0. The van der Waals surface area contributed by atoms with Crippen molar-refractivity contribution in [2.45, 2.75) is 0 Å². The number of nitro groups is 1. The number of azo groups is 2. The Kier molecular flexibility index (Phi) is 4.89. The molecule has 4 rings (SSSR count). The van der Waals surface area contributed by atoms with Gasteiger partial charge in [0.05, 0.1) is 16.3 Å². The van der Waals surface area contributed by atoms with E-state index in [1.165, 1.54) is 28.8 Å². The molecule has 13 heteroatoms. The predicted octanol–water partition coefficient (Wildman–Crippen LogP) is 4.21. The lowest BCUT2D eigenvalue weighted by molar-refractivity contribution is -0.384. The second-order valence-corrected chi connectivity index (χ2v) is 6.21. The maximum Gasteiger partial charge on any atom is 0.269 e. The maximum absolute atomic E-state index is 10.7. The fraction of sp³-hybridized carbons (Fsp3) is 0. The van der Waals surface area contributed by atoms with Crippen molar-refractivity contribution in [2.24, 2.45) is 20.5 Å². The first-order valence-electron chi connectivity index (χ1n) is 8.80. The first kappa shape index (κ1) is 19.4. The normalized spacial score (nSPS) is 11.6. The van der Waals surface area contributed by atoms with Crippen molar-refractivity contribution in [1.82, 2.24) is 14.6 Å². The van der Waals surface area contributed by atoms with Crippen molar-refractivity contribution in [3.8, 4) is 0 Å². The zero-order valence-electron chi connectivity index (χ0n) is 15.8. The van der Waals surface area contributed by atoms with Gasteiger partial charge in [-0.25, -0.2) is 4.98 Å². The highest BCUT2D eigenvalue weighted by molar-refractivity contribution is 5.83. The molecule has 13 nitrogen and oxygen atoms in total. The number of hydrogen-bond donors (Lipinski definition) is 3. The van der Waals surface area contributed by atoms with Crippen LogP contribution in [0.15, 0.2) is 75.1 Å². The number of benzene rings is 2. The fourth-order valence-electron chi connectivity index (χ4n) is 2.63. The molecule has 2 aromatic carbocycles. The third kappa shape index (κ3) is 3.82. The summed E-state index contributed by atoms with van der Waals surface area (Å²) in [5, 5.41) is 31.1. The van der Waals surface area contributed by atoms with Crippen LogP contribution in [0.25, 0.3) is 5.65 Å². The van der Waals surface area contributed by atoms with Gasteiger partial charge in [-0.1, -0.05) is 18.2 Å². The van der Waals surface area contributed by atoms with Crippen LogP contribution < -0.4 is 17.2 Å². The van der Waals surface area contributed by atoms with E-state index in [9.17, 15) is 10.1 Å². The average Bonchev–Trinajstić information content (AvgIpc) is 3.08. The number of rotatable bonds is 5. The monoisotopic (exact) mass is 417 g/mol. The van der Waals surface area contributed by atoms with Crippen LogP contribution in [0, 0.1) is 10.1 Å². The number of nitrogen functional groups attached to an aromatic ring is 3. The maximum atomic E-state index is 10.7. The van der Waals surface area contributed by atoms with Crippen molar-refractivity contribution < 1.29 is 4.92 Å². The Bertz CT molecular complexity index is 1330. The van der Waals surface area contributed by atoms with Crippen LogP contribution in [0.4, 0.5) is 45.9 Å². The third-order valence-electron chi connectivity index (χ3n) is 4.15. The first-order chi connectivity index (χ1) is 14.9. The Labute approximate surface area is 174 Å². The summed E-state index contributed by atoms with van der Waals surface area (Å²) in [5.74, 6) is 0.0792. The number of nitrogens with two attached hydrogens (primary N) is 3. The smallest absolute Gasteiger partial charge is 0.269 e. The van der Waals surface area contributed by atoms with Crippen molar-refractivity contribution in [2.75, 3.05) is 17.2 Å². The molecule has 0 amide bonds. The lowest BCUT2D eigenvalue weighted by Crippen LogP contribution is -2.04. The summed E-state index contributed by atoms with van der Waals surface area (Å²) in [6, 6.07) is 14.5. The minimum atomic E-state index is -0.510. The van der Waals surface area contributed by atoms with Gasteiger partial charge in [-0.05, 0) is 24.3 Å². The van der Waals surface area contributed by atoms with Gasteiger partial charge < -0.3 is 17.2 Å². The minimum absolute atomic E-state index is 0.0216. The van der Waals surface area contributed by atoms with E-state index >= 15 is 0 Å². The zero-order chi connectivity index (χ0) is 22.0. The average molecular weight is 417 g/mol. The lowest BCUT2D eigenvalue weighted by atomic mass is 10.3. The second-order valence-electron chi connectivity index (χ2n) is 6.21. The molecule has 0 atom stereocenters. The highest BCUT2D eigenvalue weighted by atomic mass is 16.6. The number of nitrogens with zero attached hydrogens (tertiary/aromatic N) is 8. The standard InChI is InChI=1S/C18H15N11O2/c19-15-13(25-24-11-6-8-12(9-7-11)29(30)31)17(21)28-18(22-15)14(16(20)27-28)26-23-10-4-2-1-3-5-10/h1-9H,21H2,(H2,19,22)(H2,20,27). The Morgan fingerprint density at radius 1 is 0.806 bits per heavy atom. The van der Waals surface area contributed by atoms with E-state index in [0.717, 1.165) is 0 Å². The predicted molar refractivity (Wildman–Crippen MR) is 114 cm³/mol. The van der Waals surface area contributed by atoms with Gasteiger partial charge in [0.15, 0.2) is 34.5 Å². The minimum Gasteiger partial charge on any atom is -0.382 e. The Hall–Kier alpha value is -4.94. The molecule has 2 aromatic heterocycles.